The van der Waals surface area contributed by atoms with Crippen LogP contribution >= 0.6 is 0 Å². The summed E-state index contributed by atoms with van der Waals surface area (Å²) in [5, 5.41) is 10.6. The molecule has 2 aromatic rings. The van der Waals surface area contributed by atoms with Crippen LogP contribution in [0.3, 0.4) is 0 Å². The minimum absolute atomic E-state index is 0.0210. The zero-order chi connectivity index (χ0) is 19.7. The molecule has 148 valence electrons. The zero-order valence-corrected chi connectivity index (χ0v) is 16.4. The van der Waals surface area contributed by atoms with Crippen LogP contribution in [0.4, 0.5) is 5.69 Å². The van der Waals surface area contributed by atoms with E-state index in [1.54, 1.807) is 9.58 Å². The van der Waals surface area contributed by atoms with Gasteiger partial charge in [-0.25, -0.2) is 0 Å². The molecule has 0 aliphatic carbocycles. The summed E-state index contributed by atoms with van der Waals surface area (Å²) in [6, 6.07) is 7.49. The number of amides is 2. The molecule has 4 rings (SSSR count). The molecule has 0 radical (unpaired) electrons. The summed E-state index contributed by atoms with van der Waals surface area (Å²) < 4.78 is 1.76. The van der Waals surface area contributed by atoms with Gasteiger partial charge in [-0.1, -0.05) is 17.7 Å². The number of carbonyl (C=O) groups excluding carboxylic acids is 2. The predicted molar refractivity (Wildman–Crippen MR) is 107 cm³/mol. The summed E-state index contributed by atoms with van der Waals surface area (Å²) in [5.74, 6) is -0.178. The Balaban J connectivity index is 1.44. The number of piperidine rings is 1. The molecule has 0 bridgehead atoms. The van der Waals surface area contributed by atoms with Crippen molar-refractivity contribution >= 4 is 17.5 Å². The average Bonchev–Trinajstić information content (AvgIpc) is 3.33. The van der Waals surface area contributed by atoms with Gasteiger partial charge in [0.05, 0.1) is 12.1 Å². The highest BCUT2D eigenvalue weighted by Crippen LogP contribution is 2.29. The maximum Gasteiger partial charge on any atom is 0.249 e. The van der Waals surface area contributed by atoms with E-state index in [9.17, 15) is 9.59 Å². The van der Waals surface area contributed by atoms with Crippen molar-refractivity contribution in [2.45, 2.75) is 31.7 Å². The van der Waals surface area contributed by atoms with Gasteiger partial charge in [0.25, 0.3) is 0 Å². The lowest BCUT2D eigenvalue weighted by atomic mass is 9.89. The largest absolute Gasteiger partial charge is 0.344 e. The van der Waals surface area contributed by atoms with E-state index in [4.69, 9.17) is 0 Å². The molecule has 2 saturated heterocycles. The molecule has 1 unspecified atom stereocenters. The Morgan fingerprint density at radius 3 is 2.75 bits per heavy atom. The van der Waals surface area contributed by atoms with Gasteiger partial charge in [-0.05, 0) is 37.5 Å². The molecule has 1 aromatic heterocycles. The molecule has 0 saturated carbocycles. The third-order valence-corrected chi connectivity index (χ3v) is 5.80. The summed E-state index contributed by atoms with van der Waals surface area (Å²) in [6.45, 7) is 4.09. The lowest BCUT2D eigenvalue weighted by Gasteiger charge is -2.33. The van der Waals surface area contributed by atoms with E-state index >= 15 is 0 Å². The second-order valence-electron chi connectivity index (χ2n) is 7.85. The molecule has 2 aliphatic heterocycles. The van der Waals surface area contributed by atoms with Crippen LogP contribution in [0.2, 0.25) is 0 Å². The monoisotopic (exact) mass is 381 g/mol. The molecule has 28 heavy (non-hydrogen) atoms. The van der Waals surface area contributed by atoms with Gasteiger partial charge >= 0.3 is 0 Å². The molecule has 0 spiro atoms. The number of aromatic nitrogens is 2. The van der Waals surface area contributed by atoms with Crippen LogP contribution in [-0.2, 0) is 16.6 Å². The quantitative estimate of drug-likeness (QED) is 0.838. The molecule has 2 aliphatic rings. The molecular formula is C21H27N5O2. The summed E-state index contributed by atoms with van der Waals surface area (Å²) in [6.07, 6.45) is 5.34. The Hall–Kier alpha value is -2.67. The van der Waals surface area contributed by atoms with E-state index in [-0.39, 0.29) is 23.7 Å². The van der Waals surface area contributed by atoms with Gasteiger partial charge in [0.2, 0.25) is 11.8 Å². The lowest BCUT2D eigenvalue weighted by Crippen LogP contribution is -2.54. The fraction of sp³-hybridized carbons (Fsp3) is 0.476. The smallest absolute Gasteiger partial charge is 0.249 e. The van der Waals surface area contributed by atoms with E-state index < -0.39 is 6.04 Å². The number of anilines is 1. The van der Waals surface area contributed by atoms with Gasteiger partial charge in [-0.15, -0.1) is 0 Å². The van der Waals surface area contributed by atoms with Gasteiger partial charge in [0, 0.05) is 44.5 Å². The zero-order valence-electron chi connectivity index (χ0n) is 16.4. The Bertz CT molecular complexity index is 860. The minimum atomic E-state index is -0.460. The van der Waals surface area contributed by atoms with Crippen molar-refractivity contribution in [1.29, 1.82) is 0 Å². The molecule has 2 amide bonds. The van der Waals surface area contributed by atoms with Gasteiger partial charge < -0.3 is 15.5 Å². The number of benzene rings is 1. The Morgan fingerprint density at radius 1 is 1.25 bits per heavy atom. The van der Waals surface area contributed by atoms with E-state index in [0.717, 1.165) is 29.8 Å². The molecule has 3 atom stereocenters. The van der Waals surface area contributed by atoms with Crippen LogP contribution < -0.4 is 15.5 Å². The van der Waals surface area contributed by atoms with Crippen molar-refractivity contribution in [2.24, 2.45) is 13.0 Å². The van der Waals surface area contributed by atoms with E-state index in [1.807, 2.05) is 50.6 Å². The summed E-state index contributed by atoms with van der Waals surface area (Å²) in [7, 11) is 1.88. The first-order valence-electron chi connectivity index (χ1n) is 9.90. The highest BCUT2D eigenvalue weighted by atomic mass is 16.2. The average molecular weight is 381 g/mol. The first kappa shape index (κ1) is 18.7. The van der Waals surface area contributed by atoms with Crippen LogP contribution in [0.1, 0.15) is 29.9 Å². The Labute approximate surface area is 165 Å². The Kier molecular flexibility index (Phi) is 5.17. The first-order valence-corrected chi connectivity index (χ1v) is 9.90. The maximum atomic E-state index is 13.0. The number of nitrogens with one attached hydrogen (secondary N) is 2. The Morgan fingerprint density at radius 2 is 2.04 bits per heavy atom. The summed E-state index contributed by atoms with van der Waals surface area (Å²) in [4.78, 5) is 27.8. The highest BCUT2D eigenvalue weighted by molar-refractivity contribution is 6.00. The van der Waals surface area contributed by atoms with Crippen LogP contribution in [0.15, 0.2) is 36.7 Å². The molecule has 7 nitrogen and oxygen atoms in total. The number of nitrogens with zero attached hydrogens (tertiary/aromatic N) is 3. The van der Waals surface area contributed by atoms with Crippen LogP contribution in [-0.4, -0.2) is 47.3 Å². The number of carbonyl (C=O) groups is 2. The molecule has 2 N–H and O–H groups in total. The number of hydrogen-bond donors (Lipinski definition) is 2. The van der Waals surface area contributed by atoms with Crippen LogP contribution in [0, 0.1) is 12.8 Å². The van der Waals surface area contributed by atoms with Crippen molar-refractivity contribution in [3.8, 4) is 0 Å². The maximum absolute atomic E-state index is 13.0. The predicted octanol–water partition coefficient (Wildman–Crippen LogP) is 1.34. The SMILES string of the molecule is Cc1ccc(N2CCCC(NC(=O)[C@H]3CNC[C@@H]3c3cnn(C)c3)C2=O)cc1. The molecule has 2 fully saturated rings. The topological polar surface area (TPSA) is 79.3 Å². The summed E-state index contributed by atoms with van der Waals surface area (Å²) in [5.41, 5.74) is 3.11. The second kappa shape index (κ2) is 7.75. The van der Waals surface area contributed by atoms with Crippen molar-refractivity contribution in [3.63, 3.8) is 0 Å². The van der Waals surface area contributed by atoms with Crippen LogP contribution in [0.25, 0.3) is 0 Å². The fourth-order valence-corrected chi connectivity index (χ4v) is 4.21. The van der Waals surface area contributed by atoms with Crippen LogP contribution in [0.5, 0.6) is 0 Å². The molecule has 7 heteroatoms. The van der Waals surface area contributed by atoms with Gasteiger partial charge in [-0.3, -0.25) is 14.3 Å². The fourth-order valence-electron chi connectivity index (χ4n) is 4.21. The number of aryl methyl sites for hydroxylation is 2. The minimum Gasteiger partial charge on any atom is -0.344 e. The number of hydrogen-bond acceptors (Lipinski definition) is 4. The molecule has 3 heterocycles. The van der Waals surface area contributed by atoms with Crippen molar-refractivity contribution in [1.82, 2.24) is 20.4 Å². The normalized spacial score (nSPS) is 25.1. The van der Waals surface area contributed by atoms with E-state index in [1.165, 1.54) is 0 Å². The third-order valence-electron chi connectivity index (χ3n) is 5.80. The first-order chi connectivity index (χ1) is 13.5. The lowest BCUT2D eigenvalue weighted by molar-refractivity contribution is -0.130. The molecule has 1 aromatic carbocycles. The third kappa shape index (κ3) is 3.67. The van der Waals surface area contributed by atoms with E-state index in [2.05, 4.69) is 15.7 Å². The second-order valence-corrected chi connectivity index (χ2v) is 7.85. The van der Waals surface area contributed by atoms with Crippen molar-refractivity contribution in [2.75, 3.05) is 24.5 Å². The van der Waals surface area contributed by atoms with Gasteiger partial charge in [0.15, 0.2) is 0 Å². The van der Waals surface area contributed by atoms with Gasteiger partial charge in [0.1, 0.15) is 6.04 Å². The summed E-state index contributed by atoms with van der Waals surface area (Å²) >= 11 is 0. The highest BCUT2D eigenvalue weighted by Gasteiger charge is 2.38. The van der Waals surface area contributed by atoms with Crippen molar-refractivity contribution in [3.05, 3.63) is 47.8 Å². The van der Waals surface area contributed by atoms with Crippen molar-refractivity contribution < 1.29 is 9.59 Å². The standard InChI is InChI=1S/C21H27N5O2/c1-14-5-7-16(8-6-14)26-9-3-4-19(21(26)28)24-20(27)18-12-22-11-17(18)15-10-23-25(2)13-15/h5-8,10,13,17-19,22H,3-4,9,11-12H2,1-2H3,(H,24,27)/t17-,18+,19?/m1/s1. The molecular weight excluding hydrogens is 354 g/mol. The number of rotatable bonds is 4. The van der Waals surface area contributed by atoms with Gasteiger partial charge in [-0.2, -0.15) is 5.10 Å². The van der Waals surface area contributed by atoms with E-state index in [0.29, 0.717) is 19.5 Å².